The van der Waals surface area contributed by atoms with Gasteiger partial charge in [-0.15, -0.1) is 0 Å². The third kappa shape index (κ3) is 4.92. The van der Waals surface area contributed by atoms with E-state index in [0.717, 1.165) is 30.8 Å². The Morgan fingerprint density at radius 3 is 2.81 bits per heavy atom. The van der Waals surface area contributed by atoms with Crippen LogP contribution in [0.1, 0.15) is 34.7 Å². The summed E-state index contributed by atoms with van der Waals surface area (Å²) in [4.78, 5) is 21.0. The van der Waals surface area contributed by atoms with E-state index in [1.54, 1.807) is 20.1 Å². The molecule has 2 heterocycles. The molecule has 1 aliphatic rings. The van der Waals surface area contributed by atoms with Gasteiger partial charge < -0.3 is 20.1 Å². The minimum absolute atomic E-state index is 0.206. The van der Waals surface area contributed by atoms with E-state index in [-0.39, 0.29) is 12.0 Å². The molecule has 1 unspecified atom stereocenters. The molecule has 1 aromatic carbocycles. The van der Waals surface area contributed by atoms with Gasteiger partial charge in [-0.05, 0) is 37.5 Å². The normalized spacial score (nSPS) is 16.3. The van der Waals surface area contributed by atoms with Crippen molar-refractivity contribution >= 4 is 11.7 Å². The van der Waals surface area contributed by atoms with Crippen LogP contribution in [0, 0.1) is 6.92 Å². The van der Waals surface area contributed by atoms with Crippen molar-refractivity contribution in [1.29, 1.82) is 0 Å². The fourth-order valence-corrected chi connectivity index (χ4v) is 2.81. The number of amides is 1. The van der Waals surface area contributed by atoms with E-state index in [1.165, 1.54) is 0 Å². The fourth-order valence-electron chi connectivity index (χ4n) is 2.81. The molecule has 1 atom stereocenters. The monoisotopic (exact) mass is 356 g/mol. The number of hydrogen-bond donors (Lipinski definition) is 2. The lowest BCUT2D eigenvalue weighted by Gasteiger charge is -2.12. The van der Waals surface area contributed by atoms with E-state index in [1.807, 2.05) is 24.3 Å². The Kier molecular flexibility index (Phi) is 6.01. The Balaban J connectivity index is 1.58. The highest BCUT2D eigenvalue weighted by Crippen LogP contribution is 2.14. The zero-order valence-electron chi connectivity index (χ0n) is 15.1. The smallest absolute Gasteiger partial charge is 0.270 e. The summed E-state index contributed by atoms with van der Waals surface area (Å²) in [5, 5.41) is 6.12. The first-order chi connectivity index (χ1) is 12.6. The number of nitrogens with zero attached hydrogens (tertiary/aromatic N) is 2. The van der Waals surface area contributed by atoms with Crippen LogP contribution in [0.3, 0.4) is 0 Å². The van der Waals surface area contributed by atoms with Crippen molar-refractivity contribution in [2.24, 2.45) is 0 Å². The van der Waals surface area contributed by atoms with E-state index < -0.39 is 0 Å². The third-order valence-electron chi connectivity index (χ3n) is 4.22. The SMILES string of the molecule is COc1ccc(CNC(=O)c2cc(NCC3CCCO3)nc(C)n2)cc1. The van der Waals surface area contributed by atoms with E-state index in [0.29, 0.717) is 30.4 Å². The highest BCUT2D eigenvalue weighted by atomic mass is 16.5. The number of methoxy groups -OCH3 is 1. The largest absolute Gasteiger partial charge is 0.497 e. The number of rotatable bonds is 7. The summed E-state index contributed by atoms with van der Waals surface area (Å²) < 4.78 is 10.7. The second kappa shape index (κ2) is 8.62. The van der Waals surface area contributed by atoms with Crippen molar-refractivity contribution in [1.82, 2.24) is 15.3 Å². The van der Waals surface area contributed by atoms with E-state index in [9.17, 15) is 4.79 Å². The highest BCUT2D eigenvalue weighted by molar-refractivity contribution is 5.92. The van der Waals surface area contributed by atoms with Gasteiger partial charge in [-0.3, -0.25) is 4.79 Å². The Hall–Kier alpha value is -2.67. The van der Waals surface area contributed by atoms with Gasteiger partial charge in [0, 0.05) is 25.8 Å². The molecule has 1 fully saturated rings. The number of ether oxygens (including phenoxy) is 2. The van der Waals surface area contributed by atoms with Crippen molar-refractivity contribution in [3.05, 3.63) is 47.4 Å². The van der Waals surface area contributed by atoms with Gasteiger partial charge in [0.15, 0.2) is 0 Å². The number of aryl methyl sites for hydroxylation is 1. The molecule has 7 nitrogen and oxygen atoms in total. The first kappa shape index (κ1) is 18.1. The summed E-state index contributed by atoms with van der Waals surface area (Å²) >= 11 is 0. The topological polar surface area (TPSA) is 85.4 Å². The predicted molar refractivity (Wildman–Crippen MR) is 98.4 cm³/mol. The maximum absolute atomic E-state index is 12.4. The molecule has 0 spiro atoms. The molecule has 3 rings (SSSR count). The van der Waals surface area contributed by atoms with Gasteiger partial charge in [0.1, 0.15) is 23.1 Å². The van der Waals surface area contributed by atoms with E-state index in [2.05, 4.69) is 20.6 Å². The fraction of sp³-hybridized carbons (Fsp3) is 0.421. The number of anilines is 1. The first-order valence-electron chi connectivity index (χ1n) is 8.76. The zero-order valence-corrected chi connectivity index (χ0v) is 15.1. The summed E-state index contributed by atoms with van der Waals surface area (Å²) in [6.45, 7) is 3.69. The Morgan fingerprint density at radius 2 is 2.12 bits per heavy atom. The molecule has 0 saturated carbocycles. The van der Waals surface area contributed by atoms with Crippen LogP contribution in [-0.2, 0) is 11.3 Å². The predicted octanol–water partition coefficient (Wildman–Crippen LogP) is 2.31. The van der Waals surface area contributed by atoms with Gasteiger partial charge in [-0.25, -0.2) is 9.97 Å². The van der Waals surface area contributed by atoms with Crippen LogP contribution in [-0.4, -0.2) is 42.2 Å². The average molecular weight is 356 g/mol. The Labute approximate surface area is 153 Å². The van der Waals surface area contributed by atoms with Gasteiger partial charge in [-0.2, -0.15) is 0 Å². The zero-order chi connectivity index (χ0) is 18.4. The van der Waals surface area contributed by atoms with Crippen molar-refractivity contribution < 1.29 is 14.3 Å². The summed E-state index contributed by atoms with van der Waals surface area (Å²) in [5.74, 6) is 1.75. The molecular weight excluding hydrogens is 332 g/mol. The number of hydrogen-bond acceptors (Lipinski definition) is 6. The van der Waals surface area contributed by atoms with Crippen molar-refractivity contribution in [3.8, 4) is 5.75 Å². The molecule has 2 N–H and O–H groups in total. The molecule has 1 amide bonds. The number of carbonyl (C=O) groups excluding carboxylic acids is 1. The molecule has 138 valence electrons. The molecule has 1 saturated heterocycles. The summed E-state index contributed by atoms with van der Waals surface area (Å²) in [6.07, 6.45) is 2.35. The van der Waals surface area contributed by atoms with E-state index in [4.69, 9.17) is 9.47 Å². The minimum atomic E-state index is -0.230. The molecule has 1 aliphatic heterocycles. The first-order valence-corrected chi connectivity index (χ1v) is 8.76. The van der Waals surface area contributed by atoms with Crippen molar-refractivity contribution in [2.75, 3.05) is 25.6 Å². The molecule has 0 radical (unpaired) electrons. The molecule has 26 heavy (non-hydrogen) atoms. The van der Waals surface area contributed by atoms with Gasteiger partial charge in [0.2, 0.25) is 0 Å². The van der Waals surface area contributed by atoms with Crippen LogP contribution in [0.2, 0.25) is 0 Å². The van der Waals surface area contributed by atoms with E-state index >= 15 is 0 Å². The quantitative estimate of drug-likeness (QED) is 0.792. The summed E-state index contributed by atoms with van der Waals surface area (Å²) in [5.41, 5.74) is 1.34. The van der Waals surface area contributed by atoms with Gasteiger partial charge >= 0.3 is 0 Å². The Morgan fingerprint density at radius 1 is 1.31 bits per heavy atom. The lowest BCUT2D eigenvalue weighted by Crippen LogP contribution is -2.25. The van der Waals surface area contributed by atoms with Gasteiger partial charge in [0.25, 0.3) is 5.91 Å². The minimum Gasteiger partial charge on any atom is -0.497 e. The van der Waals surface area contributed by atoms with Crippen molar-refractivity contribution in [2.45, 2.75) is 32.4 Å². The van der Waals surface area contributed by atoms with Crippen LogP contribution in [0.5, 0.6) is 5.75 Å². The number of benzene rings is 1. The highest BCUT2D eigenvalue weighted by Gasteiger charge is 2.16. The molecule has 1 aromatic heterocycles. The van der Waals surface area contributed by atoms with Gasteiger partial charge in [0.05, 0.1) is 13.2 Å². The van der Waals surface area contributed by atoms with Crippen LogP contribution >= 0.6 is 0 Å². The van der Waals surface area contributed by atoms with Crippen molar-refractivity contribution in [3.63, 3.8) is 0 Å². The second-order valence-corrected chi connectivity index (χ2v) is 6.23. The molecular formula is C19H24N4O3. The standard InChI is InChI=1S/C19H24N4O3/c1-13-22-17(10-18(23-13)20-12-16-4-3-9-26-16)19(24)21-11-14-5-7-15(25-2)8-6-14/h5-8,10,16H,3-4,9,11-12H2,1-2H3,(H,21,24)(H,20,22,23). The average Bonchev–Trinajstić information content (AvgIpc) is 3.18. The number of carbonyl (C=O) groups is 1. The summed E-state index contributed by atoms with van der Waals surface area (Å²) in [6, 6.07) is 9.23. The maximum atomic E-state index is 12.4. The Bertz CT molecular complexity index is 743. The second-order valence-electron chi connectivity index (χ2n) is 6.23. The van der Waals surface area contributed by atoms with Crippen LogP contribution in [0.25, 0.3) is 0 Å². The third-order valence-corrected chi connectivity index (χ3v) is 4.22. The van der Waals surface area contributed by atoms with Crippen LogP contribution in [0.15, 0.2) is 30.3 Å². The molecule has 0 bridgehead atoms. The number of nitrogens with one attached hydrogen (secondary N) is 2. The van der Waals surface area contributed by atoms with Gasteiger partial charge in [-0.1, -0.05) is 12.1 Å². The number of aromatic nitrogens is 2. The van der Waals surface area contributed by atoms with Crippen LogP contribution in [0.4, 0.5) is 5.82 Å². The molecule has 7 heteroatoms. The maximum Gasteiger partial charge on any atom is 0.270 e. The summed E-state index contributed by atoms with van der Waals surface area (Å²) in [7, 11) is 1.62. The van der Waals surface area contributed by atoms with Crippen LogP contribution < -0.4 is 15.4 Å². The lowest BCUT2D eigenvalue weighted by molar-refractivity contribution is 0.0945. The molecule has 2 aromatic rings. The molecule has 0 aliphatic carbocycles. The lowest BCUT2D eigenvalue weighted by atomic mass is 10.2.